The Bertz CT molecular complexity index is 71.6. The zero-order chi connectivity index (χ0) is 7.15. The van der Waals surface area contributed by atoms with Crippen LogP contribution in [-0.4, -0.2) is 17.4 Å². The second kappa shape index (κ2) is 15.8. The van der Waals surface area contributed by atoms with Crippen LogP contribution in [0.15, 0.2) is 0 Å². The van der Waals surface area contributed by atoms with E-state index in [0.29, 0.717) is 0 Å². The van der Waals surface area contributed by atoms with Crippen molar-refractivity contribution >= 4 is 11.9 Å². The van der Waals surface area contributed by atoms with Crippen LogP contribution in [0.3, 0.4) is 0 Å². The summed E-state index contributed by atoms with van der Waals surface area (Å²) in [5.41, 5.74) is 0. The van der Waals surface area contributed by atoms with Gasteiger partial charge in [-0.25, -0.2) is 0 Å². The monoisotopic (exact) mass is 191 g/mol. The topological polar surface area (TPSA) is 112 Å². The van der Waals surface area contributed by atoms with Crippen molar-refractivity contribution in [1.29, 1.82) is 0 Å². The van der Waals surface area contributed by atoms with Crippen molar-refractivity contribution in [3.8, 4) is 0 Å². The molecule has 0 aromatic heterocycles. The van der Waals surface area contributed by atoms with Crippen LogP contribution in [0.2, 0.25) is 0 Å². The summed E-state index contributed by atoms with van der Waals surface area (Å²) in [7, 11) is 0. The summed E-state index contributed by atoms with van der Waals surface area (Å²) in [5, 5.41) is 17.8. The average Bonchev–Trinajstić information content (AvgIpc) is 1.25. The van der Waals surface area contributed by atoms with Gasteiger partial charge in [0.05, 0.1) is 0 Å². The first-order chi connectivity index (χ1) is 3.46. The Balaban J connectivity index is -0.0000000300. The number of hydrogen-bond acceptors (Lipinski definition) is 4. The summed E-state index contributed by atoms with van der Waals surface area (Å²) in [6.07, 6.45) is 0. The van der Waals surface area contributed by atoms with Crippen LogP contribution in [0.1, 0.15) is 13.8 Å². The van der Waals surface area contributed by atoms with E-state index >= 15 is 0 Å². The fourth-order valence-corrected chi connectivity index (χ4v) is 0. The molecule has 1 radical (unpaired) electrons. The zero-order valence-electron chi connectivity index (χ0n) is 5.51. The molecule has 0 aromatic rings. The molecular formula is C4H8MnO5. The van der Waals surface area contributed by atoms with Gasteiger partial charge in [0.1, 0.15) is 0 Å². The Morgan fingerprint density at radius 2 is 1.00 bits per heavy atom. The number of carboxylic acid groups (broad SMARTS) is 2. The van der Waals surface area contributed by atoms with Gasteiger partial charge in [0.2, 0.25) is 0 Å². The molecule has 0 atom stereocenters. The largest absolute Gasteiger partial charge is 2.00 e. The van der Waals surface area contributed by atoms with Crippen LogP contribution >= 0.6 is 0 Å². The number of rotatable bonds is 0. The molecule has 10 heavy (non-hydrogen) atoms. The first-order valence-corrected chi connectivity index (χ1v) is 1.82. The SMILES string of the molecule is CC(=O)[O-].CC(=O)[O-].O.[Mn+2]. The van der Waals surface area contributed by atoms with Crippen LogP contribution in [0.25, 0.3) is 0 Å². The second-order valence-electron chi connectivity index (χ2n) is 0.983. The maximum atomic E-state index is 8.89. The quantitative estimate of drug-likeness (QED) is 0.373. The van der Waals surface area contributed by atoms with Crippen molar-refractivity contribution in [1.82, 2.24) is 0 Å². The summed E-state index contributed by atoms with van der Waals surface area (Å²) in [4.78, 5) is 17.8. The molecule has 0 bridgehead atoms. The molecular weight excluding hydrogens is 183 g/mol. The third kappa shape index (κ3) is 907. The van der Waals surface area contributed by atoms with Crippen molar-refractivity contribution in [2.45, 2.75) is 13.8 Å². The molecule has 0 rings (SSSR count). The van der Waals surface area contributed by atoms with E-state index in [0.717, 1.165) is 13.8 Å². The van der Waals surface area contributed by atoms with Crippen LogP contribution in [0.5, 0.6) is 0 Å². The molecule has 0 saturated heterocycles. The fourth-order valence-electron chi connectivity index (χ4n) is 0. The number of carbonyl (C=O) groups is 2. The van der Waals surface area contributed by atoms with Crippen LogP contribution in [-0.2, 0) is 26.7 Å². The molecule has 0 unspecified atom stereocenters. The van der Waals surface area contributed by atoms with Crippen LogP contribution in [0, 0.1) is 0 Å². The molecule has 0 aliphatic heterocycles. The third-order valence-corrected chi connectivity index (χ3v) is 0. The molecule has 0 fully saturated rings. The molecule has 0 saturated carbocycles. The second-order valence-corrected chi connectivity index (χ2v) is 0.983. The predicted molar refractivity (Wildman–Crippen MR) is 25.0 cm³/mol. The Morgan fingerprint density at radius 1 is 1.00 bits per heavy atom. The smallest absolute Gasteiger partial charge is 0.550 e. The minimum absolute atomic E-state index is 0. The normalized spacial score (nSPS) is 5.00. The standard InChI is InChI=1S/2C2H4O2.Mn.H2O/c2*1-2(3)4;;/h2*1H3,(H,3,4);;1H2/q;;+2;/p-2. The molecule has 0 aliphatic carbocycles. The molecule has 0 heterocycles. The van der Waals surface area contributed by atoms with Crippen LogP contribution in [0.4, 0.5) is 0 Å². The zero-order valence-corrected chi connectivity index (χ0v) is 6.69. The molecule has 2 N–H and O–H groups in total. The Kier molecular flexibility index (Phi) is 35.9. The summed E-state index contributed by atoms with van der Waals surface area (Å²) in [6, 6.07) is 0. The third-order valence-electron chi connectivity index (χ3n) is 0. The Labute approximate surface area is 68.8 Å². The molecule has 0 spiro atoms. The van der Waals surface area contributed by atoms with E-state index in [2.05, 4.69) is 0 Å². The molecule has 0 amide bonds. The van der Waals surface area contributed by atoms with Gasteiger partial charge in [-0.05, 0) is 13.8 Å². The summed E-state index contributed by atoms with van der Waals surface area (Å²) < 4.78 is 0. The number of hydrogen-bond donors (Lipinski definition) is 0. The van der Waals surface area contributed by atoms with E-state index in [1.165, 1.54) is 0 Å². The van der Waals surface area contributed by atoms with Gasteiger partial charge in [0, 0.05) is 11.9 Å². The van der Waals surface area contributed by atoms with Crippen molar-refractivity contribution in [3.63, 3.8) is 0 Å². The molecule has 5 nitrogen and oxygen atoms in total. The van der Waals surface area contributed by atoms with Gasteiger partial charge in [0.15, 0.2) is 0 Å². The van der Waals surface area contributed by atoms with Crippen molar-refractivity contribution in [3.05, 3.63) is 0 Å². The van der Waals surface area contributed by atoms with Gasteiger partial charge < -0.3 is 25.3 Å². The molecule has 0 aromatic carbocycles. The average molecular weight is 191 g/mol. The molecule has 61 valence electrons. The Morgan fingerprint density at radius 3 is 1.00 bits per heavy atom. The van der Waals surface area contributed by atoms with Gasteiger partial charge in [-0.3, -0.25) is 0 Å². The van der Waals surface area contributed by atoms with Gasteiger partial charge in [-0.1, -0.05) is 0 Å². The maximum absolute atomic E-state index is 8.89. The van der Waals surface area contributed by atoms with Gasteiger partial charge in [-0.2, -0.15) is 0 Å². The van der Waals surface area contributed by atoms with Gasteiger partial charge in [0.25, 0.3) is 0 Å². The molecule has 6 heteroatoms. The van der Waals surface area contributed by atoms with E-state index in [1.807, 2.05) is 0 Å². The minimum Gasteiger partial charge on any atom is -0.550 e. The summed E-state index contributed by atoms with van der Waals surface area (Å²) in [6.45, 7) is 1.94. The van der Waals surface area contributed by atoms with E-state index in [-0.39, 0.29) is 22.5 Å². The van der Waals surface area contributed by atoms with Gasteiger partial charge in [-0.15, -0.1) is 0 Å². The fraction of sp³-hybridized carbons (Fsp3) is 0.500. The number of aliphatic carboxylic acids is 2. The number of carbonyl (C=O) groups excluding carboxylic acids is 2. The Hall–Kier alpha value is -0.581. The predicted octanol–water partition coefficient (Wildman–Crippen LogP) is -3.31. The van der Waals surface area contributed by atoms with Crippen LogP contribution < -0.4 is 10.2 Å². The van der Waals surface area contributed by atoms with Crippen molar-refractivity contribution in [2.75, 3.05) is 0 Å². The van der Waals surface area contributed by atoms with E-state index < -0.39 is 11.9 Å². The van der Waals surface area contributed by atoms with E-state index in [1.54, 1.807) is 0 Å². The first kappa shape index (κ1) is 22.7. The van der Waals surface area contributed by atoms with E-state index in [9.17, 15) is 0 Å². The summed E-state index contributed by atoms with van der Waals surface area (Å²) >= 11 is 0. The van der Waals surface area contributed by atoms with Gasteiger partial charge >= 0.3 is 17.1 Å². The van der Waals surface area contributed by atoms with Crippen molar-refractivity contribution in [2.24, 2.45) is 0 Å². The van der Waals surface area contributed by atoms with Crippen molar-refractivity contribution < 1.29 is 42.3 Å². The summed E-state index contributed by atoms with van der Waals surface area (Å²) in [5.74, 6) is -2.17. The van der Waals surface area contributed by atoms with E-state index in [4.69, 9.17) is 19.8 Å². The first-order valence-electron chi connectivity index (χ1n) is 1.82. The minimum atomic E-state index is -1.08. The molecule has 0 aliphatic rings. The number of carboxylic acids is 2. The maximum Gasteiger partial charge on any atom is 2.00 e.